The van der Waals surface area contributed by atoms with Gasteiger partial charge >= 0.3 is 5.97 Å². The number of carbonyl (C=O) groups excluding carboxylic acids is 2. The Balaban J connectivity index is 3.34. The summed E-state index contributed by atoms with van der Waals surface area (Å²) in [6.45, 7) is 7.15. The Hall–Kier alpha value is -1.55. The highest BCUT2D eigenvalue weighted by molar-refractivity contribution is 14.1. The van der Waals surface area contributed by atoms with Crippen LogP contribution in [0, 0.1) is 20.7 Å². The summed E-state index contributed by atoms with van der Waals surface area (Å²) >= 11 is 1.76. The van der Waals surface area contributed by atoms with E-state index in [0.29, 0.717) is 0 Å². The van der Waals surface area contributed by atoms with Crippen LogP contribution in [0.25, 0.3) is 0 Å². The molecule has 6 nitrogen and oxygen atoms in total. The molecule has 1 aromatic carbocycles. The summed E-state index contributed by atoms with van der Waals surface area (Å²) in [7, 11) is 1.31. The van der Waals surface area contributed by atoms with E-state index in [9.17, 15) is 19.1 Å². The van der Waals surface area contributed by atoms with Gasteiger partial charge < -0.3 is 14.6 Å². The van der Waals surface area contributed by atoms with E-state index in [1.54, 1.807) is 29.5 Å². The molecule has 0 saturated heterocycles. The number of ketones is 1. The maximum Gasteiger partial charge on any atom is 0.322 e. The molecule has 0 spiro atoms. The van der Waals surface area contributed by atoms with Gasteiger partial charge in [0.15, 0.2) is 11.7 Å². The zero-order valence-corrected chi connectivity index (χ0v) is 18.2. The molecule has 0 aromatic heterocycles. The minimum atomic E-state index is -1.32. The molecule has 1 N–H and O–H groups in total. The largest absolute Gasteiger partial charge is 0.496 e. The lowest BCUT2D eigenvalue weighted by Gasteiger charge is -2.25. The predicted molar refractivity (Wildman–Crippen MR) is 109 cm³/mol. The van der Waals surface area contributed by atoms with Gasteiger partial charge in [0.05, 0.1) is 31.9 Å². The summed E-state index contributed by atoms with van der Waals surface area (Å²) in [6.07, 6.45) is 1.20. The Labute approximate surface area is 172 Å². The lowest BCUT2D eigenvalue weighted by Crippen LogP contribution is -2.32. The van der Waals surface area contributed by atoms with Gasteiger partial charge in [0.1, 0.15) is 11.6 Å². The predicted octanol–water partition coefficient (Wildman–Crippen LogP) is 3.28. The van der Waals surface area contributed by atoms with Gasteiger partial charge in [-0.25, -0.2) is 4.39 Å². The van der Waals surface area contributed by atoms with Gasteiger partial charge in [0.2, 0.25) is 0 Å². The van der Waals surface area contributed by atoms with Crippen LogP contribution in [-0.4, -0.2) is 49.4 Å². The summed E-state index contributed by atoms with van der Waals surface area (Å²) in [5.74, 6) is -3.21. The van der Waals surface area contributed by atoms with Crippen LogP contribution >= 0.6 is 22.6 Å². The van der Waals surface area contributed by atoms with Crippen molar-refractivity contribution >= 4 is 40.6 Å². The number of benzene rings is 1. The second-order valence-electron chi connectivity index (χ2n) is 6.92. The third kappa shape index (κ3) is 6.24. The number of Topliss-reactive ketones (excluding diaryl/α,β-unsaturated/α-hetero) is 1. The number of halogens is 2. The lowest BCUT2D eigenvalue weighted by atomic mass is 9.87. The number of carbonyl (C=O) groups is 2. The second kappa shape index (κ2) is 10.1. The van der Waals surface area contributed by atoms with Crippen LogP contribution in [0.4, 0.5) is 4.39 Å². The van der Waals surface area contributed by atoms with Crippen molar-refractivity contribution in [2.75, 3.05) is 20.3 Å². The molecular weight excluding hydrogens is 468 g/mol. The van der Waals surface area contributed by atoms with E-state index in [1.165, 1.54) is 19.4 Å². The van der Waals surface area contributed by atoms with E-state index in [4.69, 9.17) is 9.47 Å². The number of hydrogen-bond acceptors (Lipinski definition) is 6. The molecule has 0 amide bonds. The quantitative estimate of drug-likeness (QED) is 0.198. The summed E-state index contributed by atoms with van der Waals surface area (Å²) in [5.41, 5.74) is -0.305. The third-order valence-electron chi connectivity index (χ3n) is 3.92. The van der Waals surface area contributed by atoms with Crippen LogP contribution in [0.15, 0.2) is 17.1 Å². The van der Waals surface area contributed by atoms with Crippen LogP contribution in [-0.2, 0) is 9.53 Å². The average Bonchev–Trinajstić information content (AvgIpc) is 2.59. The molecule has 0 aliphatic carbocycles. The van der Waals surface area contributed by atoms with E-state index in [-0.39, 0.29) is 33.5 Å². The molecule has 0 saturated carbocycles. The molecule has 27 heavy (non-hydrogen) atoms. The van der Waals surface area contributed by atoms with Gasteiger partial charge in [0, 0.05) is 15.9 Å². The summed E-state index contributed by atoms with van der Waals surface area (Å²) in [6, 6.07) is 1.92. The Morgan fingerprint density at radius 1 is 1.37 bits per heavy atom. The first kappa shape index (κ1) is 23.5. The van der Waals surface area contributed by atoms with Crippen molar-refractivity contribution in [2.24, 2.45) is 16.3 Å². The van der Waals surface area contributed by atoms with Crippen molar-refractivity contribution in [3.8, 4) is 5.75 Å². The van der Waals surface area contributed by atoms with Crippen LogP contribution in [0.2, 0.25) is 0 Å². The van der Waals surface area contributed by atoms with E-state index < -0.39 is 29.5 Å². The molecule has 0 bridgehead atoms. The molecule has 1 aromatic rings. The standard InChI is InChI=1S/C19H25FINO5/c1-6-27-18(25)12(9-22-16(10-23)19(2,3)4)17(24)11-7-14(21)13(20)8-15(11)26-5/h7-9,12,16,23H,6,10H2,1-5H3/t12?,16-/m1/s1. The number of esters is 1. The maximum atomic E-state index is 13.8. The Morgan fingerprint density at radius 2 is 2.00 bits per heavy atom. The molecule has 1 rings (SSSR count). The molecule has 0 heterocycles. The number of hydrogen-bond donors (Lipinski definition) is 1. The van der Waals surface area contributed by atoms with Crippen molar-refractivity contribution in [1.29, 1.82) is 0 Å². The van der Waals surface area contributed by atoms with Crippen LogP contribution in [0.1, 0.15) is 38.1 Å². The molecule has 0 aliphatic rings. The van der Waals surface area contributed by atoms with Gasteiger partial charge in [-0.05, 0) is 41.0 Å². The Morgan fingerprint density at radius 3 is 2.48 bits per heavy atom. The number of aliphatic hydroxyl groups is 1. The number of aliphatic hydroxyl groups excluding tert-OH is 1. The van der Waals surface area contributed by atoms with Crippen molar-refractivity contribution in [3.05, 3.63) is 27.1 Å². The second-order valence-corrected chi connectivity index (χ2v) is 8.09. The topological polar surface area (TPSA) is 85.2 Å². The molecule has 150 valence electrons. The van der Waals surface area contributed by atoms with Crippen molar-refractivity contribution in [2.45, 2.75) is 33.7 Å². The van der Waals surface area contributed by atoms with Gasteiger partial charge in [0.25, 0.3) is 0 Å². The van der Waals surface area contributed by atoms with Crippen LogP contribution in [0.3, 0.4) is 0 Å². The minimum absolute atomic E-state index is 0.0233. The van der Waals surface area contributed by atoms with Gasteiger partial charge in [-0.2, -0.15) is 0 Å². The minimum Gasteiger partial charge on any atom is -0.496 e. The molecule has 0 fully saturated rings. The summed E-state index contributed by atoms with van der Waals surface area (Å²) in [5, 5.41) is 9.54. The van der Waals surface area contributed by atoms with Crippen LogP contribution < -0.4 is 4.74 Å². The summed E-state index contributed by atoms with van der Waals surface area (Å²) in [4.78, 5) is 29.6. The molecule has 0 aliphatic heterocycles. The lowest BCUT2D eigenvalue weighted by molar-refractivity contribution is -0.144. The van der Waals surface area contributed by atoms with E-state index in [1.807, 2.05) is 20.8 Å². The van der Waals surface area contributed by atoms with Crippen molar-refractivity contribution < 1.29 is 28.6 Å². The Kier molecular flexibility index (Phi) is 8.80. The highest BCUT2D eigenvalue weighted by Gasteiger charge is 2.31. The van der Waals surface area contributed by atoms with E-state index in [2.05, 4.69) is 4.99 Å². The average molecular weight is 493 g/mol. The number of aliphatic imine (C=N–C) groups is 1. The van der Waals surface area contributed by atoms with Gasteiger partial charge in [-0.1, -0.05) is 20.8 Å². The highest BCUT2D eigenvalue weighted by atomic mass is 127. The monoisotopic (exact) mass is 493 g/mol. The first-order valence-corrected chi connectivity index (χ1v) is 9.52. The summed E-state index contributed by atoms with van der Waals surface area (Å²) < 4.78 is 24.1. The molecule has 0 radical (unpaired) electrons. The number of rotatable bonds is 8. The first-order chi connectivity index (χ1) is 12.6. The van der Waals surface area contributed by atoms with Crippen LogP contribution in [0.5, 0.6) is 5.75 Å². The fourth-order valence-electron chi connectivity index (χ4n) is 2.26. The van der Waals surface area contributed by atoms with Crippen molar-refractivity contribution in [1.82, 2.24) is 0 Å². The SMILES string of the molecule is CCOC(=O)C(C=N[C@H](CO)C(C)(C)C)C(=O)c1cc(I)c(F)cc1OC. The fourth-order valence-corrected chi connectivity index (χ4v) is 2.73. The Bertz CT molecular complexity index is 715. The smallest absolute Gasteiger partial charge is 0.322 e. The fraction of sp³-hybridized carbons (Fsp3) is 0.526. The number of methoxy groups -OCH3 is 1. The van der Waals surface area contributed by atoms with Gasteiger partial charge in [-0.15, -0.1) is 0 Å². The molecule has 8 heteroatoms. The first-order valence-electron chi connectivity index (χ1n) is 8.44. The molecule has 1 unspecified atom stereocenters. The maximum absolute atomic E-state index is 13.8. The van der Waals surface area contributed by atoms with E-state index >= 15 is 0 Å². The zero-order valence-electron chi connectivity index (χ0n) is 16.1. The number of ether oxygens (including phenoxy) is 2. The normalized spacial score (nSPS) is 14.1. The zero-order chi connectivity index (χ0) is 20.8. The number of nitrogens with zero attached hydrogens (tertiary/aromatic N) is 1. The third-order valence-corrected chi connectivity index (χ3v) is 4.75. The molecular formula is C19H25FINO5. The highest BCUT2D eigenvalue weighted by Crippen LogP contribution is 2.27. The molecule has 2 atom stereocenters. The van der Waals surface area contributed by atoms with E-state index in [0.717, 1.165) is 6.07 Å². The van der Waals surface area contributed by atoms with Crippen molar-refractivity contribution in [3.63, 3.8) is 0 Å². The van der Waals surface area contributed by atoms with Gasteiger partial charge in [-0.3, -0.25) is 14.6 Å².